The molecule has 1 N–H and O–H groups in total. The minimum Gasteiger partial charge on any atom is -0.481 e. The normalized spacial score (nSPS) is 22.5. The largest absolute Gasteiger partial charge is 0.481 e. The lowest BCUT2D eigenvalue weighted by Crippen LogP contribution is -2.48. The van der Waals surface area contributed by atoms with Crippen molar-refractivity contribution in [1.29, 1.82) is 0 Å². The lowest BCUT2D eigenvalue weighted by molar-refractivity contribution is -0.150. The summed E-state index contributed by atoms with van der Waals surface area (Å²) in [6.45, 7) is 3.12. The molecule has 4 rings (SSSR count). The number of rotatable bonds is 2. The number of aromatic nitrogens is 2. The lowest BCUT2D eigenvalue weighted by atomic mass is 9.82. The van der Waals surface area contributed by atoms with Crippen molar-refractivity contribution in [2.45, 2.75) is 52.0 Å². The van der Waals surface area contributed by atoms with Gasteiger partial charge in [0, 0.05) is 31.6 Å². The van der Waals surface area contributed by atoms with Crippen LogP contribution >= 0.6 is 0 Å². The third kappa shape index (κ3) is 3.19. The molecule has 28 heavy (non-hydrogen) atoms. The van der Waals surface area contributed by atoms with Crippen LogP contribution in [0.3, 0.4) is 0 Å². The van der Waals surface area contributed by atoms with E-state index in [0.29, 0.717) is 42.4 Å². The van der Waals surface area contributed by atoms with Gasteiger partial charge in [-0.05, 0) is 50.8 Å². The van der Waals surface area contributed by atoms with Gasteiger partial charge in [-0.3, -0.25) is 19.0 Å². The molecule has 0 bridgehead atoms. The summed E-state index contributed by atoms with van der Waals surface area (Å²) >= 11 is 0. The summed E-state index contributed by atoms with van der Waals surface area (Å²) in [6.07, 6.45) is 5.07. The van der Waals surface area contributed by atoms with Gasteiger partial charge in [-0.1, -0.05) is 6.42 Å². The summed E-state index contributed by atoms with van der Waals surface area (Å²) in [4.78, 5) is 43.7. The maximum Gasteiger partial charge on any atom is 0.311 e. The molecule has 0 spiro atoms. The van der Waals surface area contributed by atoms with Crippen molar-refractivity contribution in [3.05, 3.63) is 39.9 Å². The highest BCUT2D eigenvalue weighted by Gasteiger charge is 2.39. The fraction of sp³-hybridized carbons (Fsp3) is 0.524. The van der Waals surface area contributed by atoms with E-state index >= 15 is 0 Å². The first-order valence-corrected chi connectivity index (χ1v) is 9.95. The predicted octanol–water partition coefficient (Wildman–Crippen LogP) is 2.45. The highest BCUT2D eigenvalue weighted by atomic mass is 16.4. The van der Waals surface area contributed by atoms with Crippen molar-refractivity contribution in [2.24, 2.45) is 5.41 Å². The number of benzene rings is 1. The number of carbonyl (C=O) groups is 2. The van der Waals surface area contributed by atoms with Crippen LogP contribution in [0.2, 0.25) is 0 Å². The lowest BCUT2D eigenvalue weighted by Gasteiger charge is -2.37. The van der Waals surface area contributed by atoms with E-state index in [0.717, 1.165) is 31.5 Å². The van der Waals surface area contributed by atoms with E-state index in [4.69, 9.17) is 0 Å². The molecule has 1 saturated heterocycles. The average Bonchev–Trinajstić information content (AvgIpc) is 2.93. The maximum absolute atomic E-state index is 13.0. The minimum atomic E-state index is -0.918. The number of carboxylic acids is 1. The summed E-state index contributed by atoms with van der Waals surface area (Å²) in [6, 6.07) is 5.01. The van der Waals surface area contributed by atoms with Gasteiger partial charge in [-0.25, -0.2) is 4.98 Å². The Hall–Kier alpha value is -2.70. The van der Waals surface area contributed by atoms with Gasteiger partial charge in [0.1, 0.15) is 5.82 Å². The van der Waals surface area contributed by atoms with Gasteiger partial charge in [-0.2, -0.15) is 0 Å². The Labute approximate surface area is 163 Å². The van der Waals surface area contributed by atoms with E-state index in [9.17, 15) is 19.5 Å². The second-order valence-electron chi connectivity index (χ2n) is 8.22. The van der Waals surface area contributed by atoms with E-state index in [-0.39, 0.29) is 18.0 Å². The number of aryl methyl sites for hydroxylation is 1. The number of likely N-dealkylation sites (tertiary alicyclic amines) is 1. The zero-order valence-corrected chi connectivity index (χ0v) is 16.1. The van der Waals surface area contributed by atoms with Gasteiger partial charge in [0.25, 0.3) is 11.5 Å². The third-order valence-corrected chi connectivity index (χ3v) is 6.06. The summed E-state index contributed by atoms with van der Waals surface area (Å²) in [5, 5.41) is 10.0. The number of piperidine rings is 1. The molecule has 148 valence electrons. The smallest absolute Gasteiger partial charge is 0.311 e. The van der Waals surface area contributed by atoms with Crippen LogP contribution in [0.4, 0.5) is 0 Å². The molecule has 1 amide bonds. The Kier molecular flexibility index (Phi) is 4.69. The molecule has 1 fully saturated rings. The molecular weight excluding hydrogens is 358 g/mol. The maximum atomic E-state index is 13.0. The summed E-state index contributed by atoms with van der Waals surface area (Å²) < 4.78 is 1.76. The number of aliphatic carboxylic acids is 1. The zero-order valence-electron chi connectivity index (χ0n) is 16.1. The molecule has 1 unspecified atom stereocenters. The summed E-state index contributed by atoms with van der Waals surface area (Å²) in [5.41, 5.74) is 0.0334. The molecule has 1 atom stereocenters. The van der Waals surface area contributed by atoms with E-state index in [2.05, 4.69) is 4.98 Å². The second-order valence-corrected chi connectivity index (χ2v) is 8.22. The Morgan fingerprint density at radius 3 is 2.75 bits per heavy atom. The van der Waals surface area contributed by atoms with Crippen molar-refractivity contribution >= 4 is 22.8 Å². The fourth-order valence-electron chi connectivity index (χ4n) is 4.32. The number of carbonyl (C=O) groups excluding carboxylic acids is 1. The Morgan fingerprint density at radius 1 is 1.14 bits per heavy atom. The predicted molar refractivity (Wildman–Crippen MR) is 104 cm³/mol. The molecule has 2 aromatic rings. The number of carboxylic acid groups (broad SMARTS) is 1. The highest BCUT2D eigenvalue weighted by molar-refractivity contribution is 5.98. The average molecular weight is 383 g/mol. The first-order valence-electron chi connectivity index (χ1n) is 9.95. The van der Waals surface area contributed by atoms with Crippen molar-refractivity contribution < 1.29 is 14.7 Å². The topological polar surface area (TPSA) is 92.5 Å². The van der Waals surface area contributed by atoms with Gasteiger partial charge in [0.2, 0.25) is 0 Å². The first-order chi connectivity index (χ1) is 13.4. The minimum absolute atomic E-state index is 0.0441. The van der Waals surface area contributed by atoms with Gasteiger partial charge in [-0.15, -0.1) is 0 Å². The molecule has 2 aliphatic rings. The quantitative estimate of drug-likeness (QED) is 0.860. The summed E-state index contributed by atoms with van der Waals surface area (Å²) in [5.74, 6) is -0.289. The van der Waals surface area contributed by atoms with E-state index in [1.165, 1.54) is 0 Å². The van der Waals surface area contributed by atoms with E-state index in [1.54, 1.807) is 34.6 Å². The number of nitrogens with zero attached hydrogens (tertiary/aromatic N) is 3. The zero-order chi connectivity index (χ0) is 19.9. The van der Waals surface area contributed by atoms with Crippen molar-refractivity contribution in [3.8, 4) is 0 Å². The first kappa shape index (κ1) is 18.7. The van der Waals surface area contributed by atoms with E-state index in [1.807, 2.05) is 0 Å². The fourth-order valence-corrected chi connectivity index (χ4v) is 4.32. The molecule has 2 aliphatic heterocycles. The van der Waals surface area contributed by atoms with Crippen molar-refractivity contribution in [1.82, 2.24) is 14.5 Å². The van der Waals surface area contributed by atoms with Gasteiger partial charge in [0.15, 0.2) is 0 Å². The van der Waals surface area contributed by atoms with Crippen LogP contribution in [0, 0.1) is 5.41 Å². The van der Waals surface area contributed by atoms with Crippen LogP contribution in [-0.2, 0) is 17.8 Å². The number of fused-ring (bicyclic) bond motifs is 2. The van der Waals surface area contributed by atoms with Gasteiger partial charge < -0.3 is 10.0 Å². The van der Waals surface area contributed by atoms with Crippen LogP contribution in [0.15, 0.2) is 23.0 Å². The highest BCUT2D eigenvalue weighted by Crippen LogP contribution is 2.30. The van der Waals surface area contributed by atoms with Gasteiger partial charge in [0.05, 0.1) is 16.3 Å². The Morgan fingerprint density at radius 2 is 1.96 bits per heavy atom. The molecule has 1 aromatic carbocycles. The molecular formula is C21H25N3O4. The Balaban J connectivity index is 1.69. The van der Waals surface area contributed by atoms with Crippen LogP contribution in [-0.4, -0.2) is 44.5 Å². The molecule has 7 nitrogen and oxygen atoms in total. The molecule has 0 saturated carbocycles. The van der Waals surface area contributed by atoms with Crippen molar-refractivity contribution in [3.63, 3.8) is 0 Å². The second kappa shape index (κ2) is 7.04. The molecule has 7 heteroatoms. The van der Waals surface area contributed by atoms with Crippen LogP contribution in [0.25, 0.3) is 10.9 Å². The molecule has 1 aromatic heterocycles. The Bertz CT molecular complexity index is 1010. The number of hydrogen-bond acceptors (Lipinski definition) is 4. The van der Waals surface area contributed by atoms with Gasteiger partial charge >= 0.3 is 5.97 Å². The summed E-state index contributed by atoms with van der Waals surface area (Å²) in [7, 11) is 0. The number of amides is 1. The monoisotopic (exact) mass is 383 g/mol. The third-order valence-electron chi connectivity index (χ3n) is 6.06. The standard InChI is InChI=1S/C21H25N3O4/c1-21(20(27)28)9-5-10-23(13-21)18(25)14-7-8-15-16(12-14)22-17-6-3-2-4-11-24(17)19(15)26/h7-8,12H,2-6,9-11,13H2,1H3,(H,27,28). The van der Waals surface area contributed by atoms with Crippen molar-refractivity contribution in [2.75, 3.05) is 13.1 Å². The van der Waals surface area contributed by atoms with Crippen LogP contribution < -0.4 is 5.56 Å². The van der Waals surface area contributed by atoms with Crippen LogP contribution in [0.5, 0.6) is 0 Å². The molecule has 0 radical (unpaired) electrons. The van der Waals surface area contributed by atoms with E-state index < -0.39 is 11.4 Å². The molecule has 0 aliphatic carbocycles. The van der Waals surface area contributed by atoms with Crippen LogP contribution in [0.1, 0.15) is 55.2 Å². The molecule has 3 heterocycles. The SMILES string of the molecule is CC1(C(=O)O)CCCN(C(=O)c2ccc3c(=O)n4c(nc3c2)CCCCC4)C1. The number of hydrogen-bond donors (Lipinski definition) is 1.